The minimum Gasteiger partial charge on any atom is -0.366 e. The van der Waals surface area contributed by atoms with E-state index < -0.39 is 0 Å². The number of nitrogens with one attached hydrogen (secondary N) is 1. The highest BCUT2D eigenvalue weighted by Gasteiger charge is 1.98. The molecule has 0 amide bonds. The second kappa shape index (κ2) is 6.76. The van der Waals surface area contributed by atoms with E-state index >= 15 is 0 Å². The average Bonchev–Trinajstić information content (AvgIpc) is 2.68. The third kappa shape index (κ3) is 4.56. The van der Waals surface area contributed by atoms with Gasteiger partial charge in [0.25, 0.3) is 0 Å². The van der Waals surface area contributed by atoms with E-state index in [0.717, 1.165) is 21.5 Å². The molecule has 0 saturated heterocycles. The Morgan fingerprint density at radius 1 is 1.79 bits per heavy atom. The summed E-state index contributed by atoms with van der Waals surface area (Å²) in [6.45, 7) is 0.725. The van der Waals surface area contributed by atoms with E-state index in [1.165, 1.54) is 11.8 Å². The minimum absolute atomic E-state index is 0.535. The fourth-order valence-electron chi connectivity index (χ4n) is 0.729. The number of nitriles is 1. The maximum absolute atomic E-state index is 8.33. The largest absolute Gasteiger partial charge is 0.366 e. The first kappa shape index (κ1) is 11.4. The summed E-state index contributed by atoms with van der Waals surface area (Å²) in [5, 5.41) is 11.4. The summed E-state index contributed by atoms with van der Waals surface area (Å²) in [5.41, 5.74) is 1.79. The summed E-state index contributed by atoms with van der Waals surface area (Å²) in [6.07, 6.45) is 2.35. The lowest BCUT2D eigenvalue weighted by Crippen LogP contribution is -2.17. The van der Waals surface area contributed by atoms with Crippen LogP contribution in [0.2, 0.25) is 0 Å². The first-order chi connectivity index (χ1) is 6.83. The maximum atomic E-state index is 8.33. The lowest BCUT2D eigenvalue weighted by molar-refractivity contribution is 0.957. The zero-order valence-electron chi connectivity index (χ0n) is 7.40. The van der Waals surface area contributed by atoms with Crippen LogP contribution in [0.3, 0.4) is 0 Å². The van der Waals surface area contributed by atoms with Gasteiger partial charge < -0.3 is 5.32 Å². The summed E-state index contributed by atoms with van der Waals surface area (Å²) < 4.78 is 0.744. The molecule has 74 valence electrons. The fraction of sp³-hybridized carbons (Fsp3) is 0.375. The molecule has 0 atom stereocenters. The van der Waals surface area contributed by atoms with Crippen molar-refractivity contribution in [3.63, 3.8) is 0 Å². The maximum Gasteiger partial charge on any atom is 0.134 e. The quantitative estimate of drug-likeness (QED) is 0.648. The summed E-state index contributed by atoms with van der Waals surface area (Å²) in [5.74, 6) is 0.755. The van der Waals surface area contributed by atoms with Crippen LogP contribution in [-0.2, 0) is 6.54 Å². The van der Waals surface area contributed by atoms with Gasteiger partial charge >= 0.3 is 0 Å². The summed E-state index contributed by atoms with van der Waals surface area (Å²) in [4.78, 5) is 5.12. The topological polar surface area (TPSA) is 48.7 Å². The molecule has 0 aromatic carbocycles. The molecule has 0 aliphatic rings. The van der Waals surface area contributed by atoms with Gasteiger partial charge in [-0.2, -0.15) is 5.26 Å². The standard InChI is InChI=1S/C8H9N3S3/c9-2-1-3-13-8(12)11-5-7-4-10-6-14-7/h4,6H,1,3,5H2,(H,11,12). The molecule has 1 N–H and O–H groups in total. The minimum atomic E-state index is 0.535. The summed E-state index contributed by atoms with van der Waals surface area (Å²) >= 11 is 8.17. The molecule has 0 spiro atoms. The van der Waals surface area contributed by atoms with Gasteiger partial charge in [-0.05, 0) is 0 Å². The SMILES string of the molecule is N#CCCSC(=S)NCc1cncs1. The predicted octanol–water partition coefficient (Wildman–Crippen LogP) is 2.16. The molecule has 0 fully saturated rings. The molecule has 1 aromatic rings. The van der Waals surface area contributed by atoms with Gasteiger partial charge in [0.1, 0.15) is 4.32 Å². The van der Waals surface area contributed by atoms with Gasteiger partial charge in [0.15, 0.2) is 0 Å². The molecule has 0 radical (unpaired) electrons. The van der Waals surface area contributed by atoms with Crippen LogP contribution >= 0.6 is 35.3 Å². The zero-order valence-corrected chi connectivity index (χ0v) is 9.84. The first-order valence-electron chi connectivity index (χ1n) is 3.98. The smallest absolute Gasteiger partial charge is 0.134 e. The number of hydrogen-bond donors (Lipinski definition) is 1. The Hall–Kier alpha value is -0.640. The number of thiocarbonyl (C=S) groups is 1. The number of thioether (sulfide) groups is 1. The molecule has 0 aliphatic heterocycles. The van der Waals surface area contributed by atoms with Gasteiger partial charge in [-0.1, -0.05) is 24.0 Å². The van der Waals surface area contributed by atoms with Crippen molar-refractivity contribution in [2.45, 2.75) is 13.0 Å². The van der Waals surface area contributed by atoms with Gasteiger partial charge in [0.2, 0.25) is 0 Å². The van der Waals surface area contributed by atoms with Gasteiger partial charge in [0.05, 0.1) is 18.1 Å². The summed E-state index contributed by atoms with van der Waals surface area (Å²) in [7, 11) is 0. The average molecular weight is 243 g/mol. The van der Waals surface area contributed by atoms with Crippen LogP contribution in [0.25, 0.3) is 0 Å². The predicted molar refractivity (Wildman–Crippen MR) is 64.2 cm³/mol. The first-order valence-corrected chi connectivity index (χ1v) is 6.25. The van der Waals surface area contributed by atoms with Crippen LogP contribution in [0, 0.1) is 11.3 Å². The molecule has 1 aromatic heterocycles. The third-order valence-corrected chi connectivity index (χ3v) is 3.43. The van der Waals surface area contributed by atoms with Crippen molar-refractivity contribution in [1.82, 2.24) is 10.3 Å². The van der Waals surface area contributed by atoms with Crippen molar-refractivity contribution in [3.05, 3.63) is 16.6 Å². The Kier molecular flexibility index (Phi) is 5.52. The molecule has 6 heteroatoms. The molecule has 3 nitrogen and oxygen atoms in total. The van der Waals surface area contributed by atoms with Crippen LogP contribution < -0.4 is 5.32 Å². The van der Waals surface area contributed by atoms with Crippen molar-refractivity contribution < 1.29 is 0 Å². The Morgan fingerprint density at radius 2 is 2.64 bits per heavy atom. The second-order valence-corrected chi connectivity index (χ2v) is 5.11. The Bertz CT molecular complexity index is 315. The van der Waals surface area contributed by atoms with Crippen molar-refractivity contribution in [3.8, 4) is 6.07 Å². The van der Waals surface area contributed by atoms with Crippen molar-refractivity contribution in [2.75, 3.05) is 5.75 Å². The highest BCUT2D eigenvalue weighted by atomic mass is 32.2. The lowest BCUT2D eigenvalue weighted by Gasteiger charge is -2.03. The second-order valence-electron chi connectivity index (χ2n) is 2.37. The van der Waals surface area contributed by atoms with Crippen LogP contribution in [0.4, 0.5) is 0 Å². The number of nitrogens with zero attached hydrogens (tertiary/aromatic N) is 2. The molecule has 0 aliphatic carbocycles. The van der Waals surface area contributed by atoms with E-state index in [0.29, 0.717) is 6.42 Å². The van der Waals surface area contributed by atoms with E-state index in [1.807, 2.05) is 6.20 Å². The van der Waals surface area contributed by atoms with Gasteiger partial charge in [-0.25, -0.2) is 0 Å². The van der Waals surface area contributed by atoms with E-state index in [-0.39, 0.29) is 0 Å². The number of aromatic nitrogens is 1. The van der Waals surface area contributed by atoms with Gasteiger partial charge in [-0.15, -0.1) is 11.3 Å². The zero-order chi connectivity index (χ0) is 10.2. The van der Waals surface area contributed by atoms with Crippen LogP contribution in [0.1, 0.15) is 11.3 Å². The molecular weight excluding hydrogens is 234 g/mol. The number of hydrogen-bond acceptors (Lipinski definition) is 5. The van der Waals surface area contributed by atoms with Gasteiger partial charge in [0, 0.05) is 23.2 Å². The van der Waals surface area contributed by atoms with Crippen molar-refractivity contribution >= 4 is 39.6 Å². The number of thiazole rings is 1. The van der Waals surface area contributed by atoms with E-state index in [9.17, 15) is 0 Å². The highest BCUT2D eigenvalue weighted by molar-refractivity contribution is 8.22. The number of rotatable bonds is 4. The van der Waals surface area contributed by atoms with Crippen LogP contribution in [0.5, 0.6) is 0 Å². The van der Waals surface area contributed by atoms with Crippen molar-refractivity contribution in [1.29, 1.82) is 5.26 Å². The molecule has 0 saturated carbocycles. The molecule has 0 bridgehead atoms. The Balaban J connectivity index is 2.13. The van der Waals surface area contributed by atoms with Crippen LogP contribution in [0.15, 0.2) is 11.7 Å². The van der Waals surface area contributed by atoms with E-state index in [1.54, 1.807) is 16.8 Å². The van der Waals surface area contributed by atoms with E-state index in [4.69, 9.17) is 17.5 Å². The molecule has 1 rings (SSSR count). The Morgan fingerprint density at radius 3 is 3.29 bits per heavy atom. The molecule has 14 heavy (non-hydrogen) atoms. The van der Waals surface area contributed by atoms with Gasteiger partial charge in [-0.3, -0.25) is 4.98 Å². The van der Waals surface area contributed by atoms with Crippen LogP contribution in [-0.4, -0.2) is 15.1 Å². The summed E-state index contributed by atoms with van der Waals surface area (Å²) in [6, 6.07) is 2.08. The fourth-order valence-corrected chi connectivity index (χ4v) is 2.14. The highest BCUT2D eigenvalue weighted by Crippen LogP contribution is 2.07. The van der Waals surface area contributed by atoms with Crippen molar-refractivity contribution in [2.24, 2.45) is 0 Å². The molecule has 1 heterocycles. The monoisotopic (exact) mass is 243 g/mol. The lowest BCUT2D eigenvalue weighted by atomic mass is 10.5. The van der Waals surface area contributed by atoms with E-state index in [2.05, 4.69) is 16.4 Å². The third-order valence-electron chi connectivity index (χ3n) is 1.34. The molecular formula is C8H9N3S3. The normalized spacial score (nSPS) is 9.36. The Labute approximate surface area is 96.5 Å². The molecule has 0 unspecified atom stereocenters.